The van der Waals surface area contributed by atoms with E-state index in [1.165, 1.54) is 50.7 Å². The number of halogens is 1. The summed E-state index contributed by atoms with van der Waals surface area (Å²) in [7, 11) is 0. The molecule has 166 valence electrons. The zero-order valence-corrected chi connectivity index (χ0v) is 18.9. The van der Waals surface area contributed by atoms with E-state index in [2.05, 4.69) is 33.4 Å². The number of thiocarbonyl (C=S) groups is 1. The van der Waals surface area contributed by atoms with Crippen LogP contribution in [0.1, 0.15) is 51.0 Å². The predicted octanol–water partition coefficient (Wildman–Crippen LogP) is 4.47. The number of hydrogen-bond donors (Lipinski definition) is 2. The molecule has 1 aromatic heterocycles. The number of aromatic nitrogens is 2. The van der Waals surface area contributed by atoms with Gasteiger partial charge >= 0.3 is 0 Å². The Bertz CT molecular complexity index is 884. The third-order valence-electron chi connectivity index (χ3n) is 6.07. The van der Waals surface area contributed by atoms with Crippen LogP contribution in [0.2, 0.25) is 0 Å². The van der Waals surface area contributed by atoms with Crippen LogP contribution in [0.4, 0.5) is 22.0 Å². The second kappa shape index (κ2) is 10.2. The Hall–Kier alpha value is -2.48. The monoisotopic (exact) mass is 442 g/mol. The molecule has 3 heterocycles. The highest BCUT2D eigenvalue weighted by Gasteiger charge is 2.23. The first kappa shape index (κ1) is 21.7. The first-order valence-electron chi connectivity index (χ1n) is 11.3. The Morgan fingerprint density at radius 3 is 2.48 bits per heavy atom. The van der Waals surface area contributed by atoms with E-state index in [1.807, 2.05) is 0 Å². The molecule has 0 bridgehead atoms. The van der Waals surface area contributed by atoms with Crippen LogP contribution in [-0.2, 0) is 6.54 Å². The van der Waals surface area contributed by atoms with Crippen molar-refractivity contribution < 1.29 is 4.39 Å². The number of hydrogen-bond acceptors (Lipinski definition) is 5. The van der Waals surface area contributed by atoms with Crippen LogP contribution < -0.4 is 20.4 Å². The Morgan fingerprint density at radius 2 is 1.74 bits per heavy atom. The van der Waals surface area contributed by atoms with Crippen LogP contribution in [-0.4, -0.2) is 40.8 Å². The molecular weight excluding hydrogens is 411 g/mol. The molecule has 1 atom stereocenters. The normalized spacial score (nSPS) is 19.2. The van der Waals surface area contributed by atoms with Gasteiger partial charge in [0.2, 0.25) is 5.95 Å². The number of anilines is 3. The largest absolute Gasteiger partial charge is 0.358 e. The molecule has 2 aliphatic rings. The number of piperidine rings is 2. The minimum Gasteiger partial charge on any atom is -0.358 e. The van der Waals surface area contributed by atoms with Crippen molar-refractivity contribution in [2.75, 3.05) is 34.8 Å². The Morgan fingerprint density at radius 1 is 1.03 bits per heavy atom. The quantitative estimate of drug-likeness (QED) is 0.663. The number of benzene rings is 1. The standard InChI is InChI=1S/C23H31FN6S/c1-17-7-3-6-14-30(17)21-15-20(29-12-4-2-5-13-29)26-22(27-21)28-23(31)25-16-18-8-10-19(24)11-9-18/h8-11,15,17H,2-7,12-14,16H2,1H3,(H2,25,26,27,28,31). The minimum absolute atomic E-state index is 0.244. The van der Waals surface area contributed by atoms with Gasteiger partial charge < -0.3 is 20.4 Å². The number of nitrogens with one attached hydrogen (secondary N) is 2. The molecular formula is C23H31FN6S. The average molecular weight is 443 g/mol. The van der Waals surface area contributed by atoms with E-state index in [0.29, 0.717) is 23.6 Å². The van der Waals surface area contributed by atoms with Gasteiger partial charge in [-0.15, -0.1) is 0 Å². The molecule has 6 nitrogen and oxygen atoms in total. The van der Waals surface area contributed by atoms with E-state index in [4.69, 9.17) is 22.2 Å². The fourth-order valence-electron chi connectivity index (χ4n) is 4.28. The van der Waals surface area contributed by atoms with Gasteiger partial charge in [-0.25, -0.2) is 4.39 Å². The van der Waals surface area contributed by atoms with Crippen molar-refractivity contribution in [2.24, 2.45) is 0 Å². The summed E-state index contributed by atoms with van der Waals surface area (Å²) in [5, 5.41) is 6.79. The molecule has 8 heteroatoms. The molecule has 2 fully saturated rings. The van der Waals surface area contributed by atoms with E-state index in [0.717, 1.165) is 36.8 Å². The van der Waals surface area contributed by atoms with Crippen LogP contribution in [0, 0.1) is 5.82 Å². The van der Waals surface area contributed by atoms with Crippen molar-refractivity contribution in [1.29, 1.82) is 0 Å². The predicted molar refractivity (Wildman–Crippen MR) is 128 cm³/mol. The lowest BCUT2D eigenvalue weighted by atomic mass is 10.0. The van der Waals surface area contributed by atoms with Crippen molar-refractivity contribution in [3.8, 4) is 0 Å². The summed E-state index contributed by atoms with van der Waals surface area (Å²) < 4.78 is 13.1. The van der Waals surface area contributed by atoms with E-state index >= 15 is 0 Å². The molecule has 2 aromatic rings. The molecule has 2 N–H and O–H groups in total. The highest BCUT2D eigenvalue weighted by Crippen LogP contribution is 2.28. The van der Waals surface area contributed by atoms with E-state index in [-0.39, 0.29) is 5.82 Å². The van der Waals surface area contributed by atoms with Crippen LogP contribution in [0.5, 0.6) is 0 Å². The molecule has 2 saturated heterocycles. The molecule has 1 unspecified atom stereocenters. The van der Waals surface area contributed by atoms with E-state index in [1.54, 1.807) is 12.1 Å². The van der Waals surface area contributed by atoms with Crippen molar-refractivity contribution in [1.82, 2.24) is 15.3 Å². The van der Waals surface area contributed by atoms with Crippen LogP contribution >= 0.6 is 12.2 Å². The molecule has 0 aliphatic carbocycles. The lowest BCUT2D eigenvalue weighted by Crippen LogP contribution is -2.39. The Labute approximate surface area is 189 Å². The van der Waals surface area contributed by atoms with Crippen LogP contribution in [0.3, 0.4) is 0 Å². The van der Waals surface area contributed by atoms with Gasteiger partial charge in [0.25, 0.3) is 0 Å². The summed E-state index contributed by atoms with van der Waals surface area (Å²) in [6.45, 7) is 5.85. The smallest absolute Gasteiger partial charge is 0.232 e. The van der Waals surface area contributed by atoms with Gasteiger partial charge in [-0.2, -0.15) is 9.97 Å². The molecule has 0 spiro atoms. The maximum Gasteiger partial charge on any atom is 0.232 e. The minimum atomic E-state index is -0.244. The molecule has 31 heavy (non-hydrogen) atoms. The lowest BCUT2D eigenvalue weighted by molar-refractivity contribution is 0.481. The number of nitrogens with zero attached hydrogens (tertiary/aromatic N) is 4. The summed E-state index contributed by atoms with van der Waals surface area (Å²) in [6.07, 6.45) is 7.31. The molecule has 1 aromatic carbocycles. The van der Waals surface area contributed by atoms with Crippen LogP contribution in [0.25, 0.3) is 0 Å². The SMILES string of the molecule is CC1CCCCN1c1cc(N2CCCCC2)nc(NC(=S)NCc2ccc(F)cc2)n1. The van der Waals surface area contributed by atoms with E-state index in [9.17, 15) is 4.39 Å². The van der Waals surface area contributed by atoms with Crippen molar-refractivity contribution in [2.45, 2.75) is 58.0 Å². The van der Waals surface area contributed by atoms with Gasteiger partial charge in [0.15, 0.2) is 5.11 Å². The van der Waals surface area contributed by atoms with Crippen molar-refractivity contribution in [3.63, 3.8) is 0 Å². The molecule has 0 radical (unpaired) electrons. The summed E-state index contributed by atoms with van der Waals surface area (Å²) in [5.74, 6) is 2.21. The summed E-state index contributed by atoms with van der Waals surface area (Å²) in [4.78, 5) is 14.3. The fraction of sp³-hybridized carbons (Fsp3) is 0.522. The molecule has 0 amide bonds. The maximum atomic E-state index is 13.1. The van der Waals surface area contributed by atoms with Gasteiger partial charge in [-0.1, -0.05) is 12.1 Å². The Kier molecular flexibility index (Phi) is 7.17. The topological polar surface area (TPSA) is 56.3 Å². The first-order valence-corrected chi connectivity index (χ1v) is 11.7. The van der Waals surface area contributed by atoms with Crippen molar-refractivity contribution >= 4 is 34.9 Å². The Balaban J connectivity index is 1.49. The van der Waals surface area contributed by atoms with Gasteiger partial charge in [0.1, 0.15) is 17.5 Å². The number of rotatable bonds is 5. The van der Waals surface area contributed by atoms with Gasteiger partial charge in [0.05, 0.1) is 0 Å². The highest BCUT2D eigenvalue weighted by molar-refractivity contribution is 7.80. The van der Waals surface area contributed by atoms with Gasteiger partial charge in [-0.05, 0) is 75.4 Å². The fourth-order valence-corrected chi connectivity index (χ4v) is 4.44. The zero-order chi connectivity index (χ0) is 21.6. The third-order valence-corrected chi connectivity index (χ3v) is 6.31. The highest BCUT2D eigenvalue weighted by atomic mass is 32.1. The summed E-state index contributed by atoms with van der Waals surface area (Å²) in [6, 6.07) is 8.99. The van der Waals surface area contributed by atoms with Gasteiger partial charge in [-0.3, -0.25) is 0 Å². The summed E-state index contributed by atoms with van der Waals surface area (Å²) in [5.41, 5.74) is 0.955. The molecule has 0 saturated carbocycles. The van der Waals surface area contributed by atoms with Gasteiger partial charge in [0, 0.05) is 38.3 Å². The zero-order valence-electron chi connectivity index (χ0n) is 18.1. The second-order valence-corrected chi connectivity index (χ2v) is 8.84. The van der Waals surface area contributed by atoms with Crippen molar-refractivity contribution in [3.05, 3.63) is 41.7 Å². The maximum absolute atomic E-state index is 13.1. The molecule has 4 rings (SSSR count). The third kappa shape index (κ3) is 5.81. The van der Waals surface area contributed by atoms with Crippen LogP contribution in [0.15, 0.2) is 30.3 Å². The average Bonchev–Trinajstić information content (AvgIpc) is 2.79. The molecule has 2 aliphatic heterocycles. The van der Waals surface area contributed by atoms with E-state index < -0.39 is 0 Å². The lowest BCUT2D eigenvalue weighted by Gasteiger charge is -2.35. The summed E-state index contributed by atoms with van der Waals surface area (Å²) >= 11 is 5.48. The second-order valence-electron chi connectivity index (χ2n) is 8.43. The first-order chi connectivity index (χ1) is 15.1.